The fourth-order valence-corrected chi connectivity index (χ4v) is 4.05. The Labute approximate surface area is 200 Å². The molecule has 172 valence electrons. The lowest BCUT2D eigenvalue weighted by atomic mass is 10.0. The average Bonchev–Trinajstić information content (AvgIpc) is 3.40. The molecule has 0 aliphatic rings. The maximum absolute atomic E-state index is 12.8. The van der Waals surface area contributed by atoms with Gasteiger partial charge in [0, 0.05) is 29.5 Å². The number of fused-ring (bicyclic) bond motifs is 3. The summed E-state index contributed by atoms with van der Waals surface area (Å²) in [5.74, 6) is 0.119. The van der Waals surface area contributed by atoms with Gasteiger partial charge in [-0.05, 0) is 29.2 Å². The van der Waals surface area contributed by atoms with Crippen molar-refractivity contribution >= 4 is 28.7 Å². The van der Waals surface area contributed by atoms with E-state index >= 15 is 0 Å². The maximum atomic E-state index is 12.8. The van der Waals surface area contributed by atoms with E-state index in [1.165, 1.54) is 9.96 Å². The molecule has 3 heterocycles. The number of halogens is 1. The summed E-state index contributed by atoms with van der Waals surface area (Å²) in [6.07, 6.45) is 3.31. The van der Waals surface area contributed by atoms with Crippen molar-refractivity contribution < 1.29 is 4.79 Å². The molecule has 8 nitrogen and oxygen atoms in total. The van der Waals surface area contributed by atoms with Crippen molar-refractivity contribution in [2.45, 2.75) is 32.9 Å². The molecule has 0 saturated heterocycles. The fraction of sp³-hybridized carbons (Fsp3) is 0.200. The standard InChI is InChI=1S/C25H23ClN6O2/c1-16(2)17-7-9-18(10-8-17)21-13-22-24-29-32(25(34)30(24)11-12-31(22)28-21)15-23(33)27-14-19-5-3-4-6-20(19)26/h3-13,16H,14-15H2,1-2H3,(H,27,33). The minimum Gasteiger partial charge on any atom is -0.350 e. The number of amides is 1. The molecule has 5 rings (SSSR count). The number of rotatable bonds is 6. The van der Waals surface area contributed by atoms with Gasteiger partial charge in [-0.3, -0.25) is 4.79 Å². The summed E-state index contributed by atoms with van der Waals surface area (Å²) in [7, 11) is 0. The van der Waals surface area contributed by atoms with Crippen LogP contribution in [0.15, 0.2) is 71.8 Å². The highest BCUT2D eigenvalue weighted by Crippen LogP contribution is 2.24. The molecule has 5 aromatic rings. The lowest BCUT2D eigenvalue weighted by Gasteiger charge is -2.06. The van der Waals surface area contributed by atoms with Gasteiger partial charge in [0.15, 0.2) is 5.65 Å². The third-order valence-corrected chi connectivity index (χ3v) is 6.16. The number of carbonyl (C=O) groups is 1. The van der Waals surface area contributed by atoms with E-state index in [1.54, 1.807) is 23.0 Å². The van der Waals surface area contributed by atoms with Crippen LogP contribution in [0.1, 0.15) is 30.9 Å². The summed E-state index contributed by atoms with van der Waals surface area (Å²) in [6, 6.07) is 17.5. The fourth-order valence-electron chi connectivity index (χ4n) is 3.84. The first-order chi connectivity index (χ1) is 16.4. The lowest BCUT2D eigenvalue weighted by Crippen LogP contribution is -2.32. The predicted octanol–water partition coefficient (Wildman–Crippen LogP) is 3.90. The number of benzene rings is 2. The number of nitrogens with zero attached hydrogens (tertiary/aromatic N) is 5. The molecule has 0 radical (unpaired) electrons. The normalized spacial score (nSPS) is 11.5. The molecule has 0 bridgehead atoms. The first kappa shape index (κ1) is 21.9. The predicted molar refractivity (Wildman–Crippen MR) is 131 cm³/mol. The molecule has 0 atom stereocenters. The van der Waals surface area contributed by atoms with Crippen LogP contribution in [-0.2, 0) is 17.9 Å². The van der Waals surface area contributed by atoms with Gasteiger partial charge in [0.25, 0.3) is 0 Å². The Morgan fingerprint density at radius 1 is 1.06 bits per heavy atom. The molecule has 0 spiro atoms. The third-order valence-electron chi connectivity index (χ3n) is 5.79. The molecule has 9 heteroatoms. The van der Waals surface area contributed by atoms with E-state index in [-0.39, 0.29) is 19.0 Å². The van der Waals surface area contributed by atoms with Gasteiger partial charge < -0.3 is 5.32 Å². The second-order valence-electron chi connectivity index (χ2n) is 8.44. The summed E-state index contributed by atoms with van der Waals surface area (Å²) >= 11 is 6.14. The summed E-state index contributed by atoms with van der Waals surface area (Å²) in [5, 5.41) is 12.4. The Morgan fingerprint density at radius 3 is 2.56 bits per heavy atom. The summed E-state index contributed by atoms with van der Waals surface area (Å²) in [5.41, 5.74) is 4.54. The van der Waals surface area contributed by atoms with Gasteiger partial charge in [-0.25, -0.2) is 18.4 Å². The van der Waals surface area contributed by atoms with Crippen molar-refractivity contribution in [3.8, 4) is 11.3 Å². The van der Waals surface area contributed by atoms with Gasteiger partial charge in [0.1, 0.15) is 12.1 Å². The molecule has 34 heavy (non-hydrogen) atoms. The molecule has 0 aliphatic carbocycles. The van der Waals surface area contributed by atoms with Gasteiger partial charge in [-0.15, -0.1) is 5.10 Å². The highest BCUT2D eigenvalue weighted by atomic mass is 35.5. The van der Waals surface area contributed by atoms with Crippen LogP contribution in [0.2, 0.25) is 5.02 Å². The van der Waals surface area contributed by atoms with Crippen LogP contribution in [0.3, 0.4) is 0 Å². The minimum atomic E-state index is -0.394. The van der Waals surface area contributed by atoms with Gasteiger partial charge in [0.2, 0.25) is 5.91 Å². The second kappa shape index (κ2) is 8.79. The topological polar surface area (TPSA) is 85.7 Å². The summed E-state index contributed by atoms with van der Waals surface area (Å²) in [6.45, 7) is 4.38. The lowest BCUT2D eigenvalue weighted by molar-refractivity contribution is -0.122. The smallest absolute Gasteiger partial charge is 0.350 e. The Bertz CT molecular complexity index is 1560. The van der Waals surface area contributed by atoms with Crippen LogP contribution in [0.4, 0.5) is 0 Å². The maximum Gasteiger partial charge on any atom is 0.350 e. The van der Waals surface area contributed by atoms with Crippen LogP contribution >= 0.6 is 11.6 Å². The van der Waals surface area contributed by atoms with Crippen molar-refractivity contribution in [1.82, 2.24) is 29.1 Å². The van der Waals surface area contributed by atoms with Gasteiger partial charge in [-0.1, -0.05) is 67.9 Å². The molecule has 0 fully saturated rings. The van der Waals surface area contributed by atoms with Crippen molar-refractivity contribution in [2.24, 2.45) is 0 Å². The van der Waals surface area contributed by atoms with E-state index in [0.717, 1.165) is 21.5 Å². The van der Waals surface area contributed by atoms with Crippen LogP contribution < -0.4 is 11.0 Å². The second-order valence-corrected chi connectivity index (χ2v) is 8.84. The Morgan fingerprint density at radius 2 is 1.82 bits per heavy atom. The Kier molecular flexibility index (Phi) is 5.67. The molecule has 3 aromatic heterocycles. The van der Waals surface area contributed by atoms with Crippen molar-refractivity contribution in [2.75, 3.05) is 0 Å². The van der Waals surface area contributed by atoms with Crippen LogP contribution in [0.5, 0.6) is 0 Å². The van der Waals surface area contributed by atoms with Gasteiger partial charge in [0.05, 0.1) is 5.69 Å². The monoisotopic (exact) mass is 474 g/mol. The first-order valence-electron chi connectivity index (χ1n) is 11.0. The van der Waals surface area contributed by atoms with Gasteiger partial charge in [-0.2, -0.15) is 5.10 Å². The highest BCUT2D eigenvalue weighted by Gasteiger charge is 2.15. The van der Waals surface area contributed by atoms with Crippen molar-refractivity contribution in [1.29, 1.82) is 0 Å². The van der Waals surface area contributed by atoms with E-state index in [9.17, 15) is 9.59 Å². The van der Waals surface area contributed by atoms with E-state index in [4.69, 9.17) is 11.6 Å². The largest absolute Gasteiger partial charge is 0.350 e. The molecule has 1 amide bonds. The number of hydrogen-bond donors (Lipinski definition) is 1. The molecule has 0 saturated carbocycles. The molecule has 0 unspecified atom stereocenters. The van der Waals surface area contributed by atoms with Gasteiger partial charge >= 0.3 is 5.69 Å². The number of hydrogen-bond acceptors (Lipinski definition) is 4. The first-order valence-corrected chi connectivity index (χ1v) is 11.4. The molecule has 1 N–H and O–H groups in total. The molecule has 2 aromatic carbocycles. The SMILES string of the molecule is CC(C)c1ccc(-c2cc3c4nn(CC(=O)NCc5ccccc5Cl)c(=O)n4ccn3n2)cc1. The number of carbonyl (C=O) groups excluding carboxylic acids is 1. The van der Waals surface area contributed by atoms with E-state index in [1.807, 2.05) is 36.4 Å². The summed E-state index contributed by atoms with van der Waals surface area (Å²) in [4.78, 5) is 25.3. The van der Waals surface area contributed by atoms with Crippen molar-refractivity contribution in [3.05, 3.63) is 93.6 Å². The number of nitrogens with one attached hydrogen (secondary N) is 1. The Balaban J connectivity index is 1.41. The van der Waals surface area contributed by atoms with Crippen LogP contribution in [0, 0.1) is 0 Å². The van der Waals surface area contributed by atoms with E-state index < -0.39 is 5.69 Å². The molecule has 0 aliphatic heterocycles. The van der Waals surface area contributed by atoms with Crippen LogP contribution in [0.25, 0.3) is 22.4 Å². The minimum absolute atomic E-state index is 0.200. The van der Waals surface area contributed by atoms with Crippen LogP contribution in [-0.4, -0.2) is 29.7 Å². The average molecular weight is 475 g/mol. The zero-order valence-corrected chi connectivity index (χ0v) is 19.5. The zero-order chi connectivity index (χ0) is 23.8. The van der Waals surface area contributed by atoms with E-state index in [0.29, 0.717) is 22.1 Å². The number of aromatic nitrogens is 5. The zero-order valence-electron chi connectivity index (χ0n) is 18.8. The summed E-state index contributed by atoms with van der Waals surface area (Å²) < 4.78 is 4.26. The molecular weight excluding hydrogens is 452 g/mol. The van der Waals surface area contributed by atoms with Crippen molar-refractivity contribution in [3.63, 3.8) is 0 Å². The quantitative estimate of drug-likeness (QED) is 0.404. The third kappa shape index (κ3) is 4.08. The van der Waals surface area contributed by atoms with E-state index in [2.05, 4.69) is 41.5 Å². The Hall–Kier alpha value is -3.91. The molecular formula is C25H23ClN6O2. The highest BCUT2D eigenvalue weighted by molar-refractivity contribution is 6.31.